The number of Topliss-reactive ketones (excluding diaryl/α,β-unsaturated/α-hetero) is 1. The molecule has 2 atom stereocenters. The summed E-state index contributed by atoms with van der Waals surface area (Å²) < 4.78 is 5.38. The Balaban J connectivity index is 1.93. The van der Waals surface area contributed by atoms with E-state index in [1.54, 1.807) is 6.20 Å². The monoisotopic (exact) mass is 205 g/mol. The molecular weight excluding hydrogens is 190 g/mol. The molecule has 1 aromatic heterocycles. The van der Waals surface area contributed by atoms with Crippen molar-refractivity contribution in [1.29, 1.82) is 0 Å². The Morgan fingerprint density at radius 1 is 1.60 bits per heavy atom. The van der Waals surface area contributed by atoms with Gasteiger partial charge in [0.05, 0.1) is 12.7 Å². The highest BCUT2D eigenvalue weighted by Gasteiger charge is 2.27. The van der Waals surface area contributed by atoms with Gasteiger partial charge in [0.25, 0.3) is 0 Å². The molecule has 80 valence electrons. The van der Waals surface area contributed by atoms with Gasteiger partial charge < -0.3 is 4.74 Å². The van der Waals surface area contributed by atoms with Gasteiger partial charge in [0.15, 0.2) is 0 Å². The second-order valence-electron chi connectivity index (χ2n) is 4.04. The maximum atomic E-state index is 11.8. The van der Waals surface area contributed by atoms with Crippen LogP contribution in [0.2, 0.25) is 0 Å². The minimum Gasteiger partial charge on any atom is -0.378 e. The van der Waals surface area contributed by atoms with E-state index in [0.717, 1.165) is 12.1 Å². The second kappa shape index (κ2) is 4.53. The van der Waals surface area contributed by atoms with Crippen LogP contribution in [0.5, 0.6) is 0 Å². The van der Waals surface area contributed by atoms with Gasteiger partial charge in [0, 0.05) is 24.2 Å². The van der Waals surface area contributed by atoms with Crippen LogP contribution in [0.3, 0.4) is 0 Å². The summed E-state index contributed by atoms with van der Waals surface area (Å²) >= 11 is 0. The van der Waals surface area contributed by atoms with Crippen LogP contribution in [-0.2, 0) is 16.0 Å². The van der Waals surface area contributed by atoms with Crippen molar-refractivity contribution in [3.63, 3.8) is 0 Å². The van der Waals surface area contributed by atoms with E-state index in [1.807, 2.05) is 25.1 Å². The molecule has 1 aliphatic rings. The third-order valence-electron chi connectivity index (χ3n) is 2.74. The fraction of sp³-hybridized carbons (Fsp3) is 0.500. The first-order valence-corrected chi connectivity index (χ1v) is 5.30. The number of ketones is 1. The standard InChI is InChI=1S/C12H15NO2/c1-9-6-10(8-15-9)12(14)7-11-4-2-3-5-13-11/h2-5,9-10H,6-8H2,1H3. The van der Waals surface area contributed by atoms with Gasteiger partial charge in [0.1, 0.15) is 5.78 Å². The first-order valence-electron chi connectivity index (χ1n) is 5.30. The quantitative estimate of drug-likeness (QED) is 0.752. The zero-order valence-corrected chi connectivity index (χ0v) is 8.85. The molecule has 0 aromatic carbocycles. The van der Waals surface area contributed by atoms with Crippen LogP contribution in [0.4, 0.5) is 0 Å². The van der Waals surface area contributed by atoms with Gasteiger partial charge in [-0.25, -0.2) is 0 Å². The number of hydrogen-bond acceptors (Lipinski definition) is 3. The van der Waals surface area contributed by atoms with Gasteiger partial charge in [-0.3, -0.25) is 9.78 Å². The van der Waals surface area contributed by atoms with Crippen molar-refractivity contribution in [2.75, 3.05) is 6.61 Å². The molecular formula is C12H15NO2. The maximum Gasteiger partial charge on any atom is 0.144 e. The van der Waals surface area contributed by atoms with Crippen LogP contribution >= 0.6 is 0 Å². The average Bonchev–Trinajstić information content (AvgIpc) is 2.66. The van der Waals surface area contributed by atoms with Gasteiger partial charge in [-0.05, 0) is 25.5 Å². The van der Waals surface area contributed by atoms with Crippen LogP contribution in [0.25, 0.3) is 0 Å². The average molecular weight is 205 g/mol. The number of aromatic nitrogens is 1. The van der Waals surface area contributed by atoms with Crippen molar-refractivity contribution in [3.8, 4) is 0 Å². The van der Waals surface area contributed by atoms with Gasteiger partial charge in [0.2, 0.25) is 0 Å². The topological polar surface area (TPSA) is 39.2 Å². The first kappa shape index (κ1) is 10.3. The van der Waals surface area contributed by atoms with E-state index in [-0.39, 0.29) is 17.8 Å². The van der Waals surface area contributed by atoms with Crippen molar-refractivity contribution in [2.24, 2.45) is 5.92 Å². The largest absolute Gasteiger partial charge is 0.378 e. The lowest BCUT2D eigenvalue weighted by molar-refractivity contribution is -0.122. The van der Waals surface area contributed by atoms with Crippen molar-refractivity contribution in [3.05, 3.63) is 30.1 Å². The van der Waals surface area contributed by atoms with E-state index in [4.69, 9.17) is 4.74 Å². The predicted molar refractivity (Wildman–Crippen MR) is 56.5 cm³/mol. The van der Waals surface area contributed by atoms with E-state index >= 15 is 0 Å². The summed E-state index contributed by atoms with van der Waals surface area (Å²) in [5, 5.41) is 0. The van der Waals surface area contributed by atoms with Gasteiger partial charge in [-0.2, -0.15) is 0 Å². The molecule has 0 bridgehead atoms. The number of nitrogens with zero attached hydrogens (tertiary/aromatic N) is 1. The number of rotatable bonds is 3. The van der Waals surface area contributed by atoms with E-state index in [9.17, 15) is 4.79 Å². The van der Waals surface area contributed by atoms with Crippen molar-refractivity contribution < 1.29 is 9.53 Å². The van der Waals surface area contributed by atoms with Gasteiger partial charge >= 0.3 is 0 Å². The zero-order valence-electron chi connectivity index (χ0n) is 8.85. The van der Waals surface area contributed by atoms with Gasteiger partial charge in [-0.1, -0.05) is 6.07 Å². The summed E-state index contributed by atoms with van der Waals surface area (Å²) in [6.07, 6.45) is 3.23. The van der Waals surface area contributed by atoms with Crippen LogP contribution in [-0.4, -0.2) is 23.5 Å². The van der Waals surface area contributed by atoms with E-state index < -0.39 is 0 Å². The normalized spacial score (nSPS) is 25.4. The lowest BCUT2D eigenvalue weighted by Crippen LogP contribution is -2.17. The number of ether oxygens (including phenoxy) is 1. The fourth-order valence-corrected chi connectivity index (χ4v) is 1.87. The Hall–Kier alpha value is -1.22. The highest BCUT2D eigenvalue weighted by Crippen LogP contribution is 2.20. The summed E-state index contributed by atoms with van der Waals surface area (Å²) in [6.45, 7) is 2.58. The van der Waals surface area contributed by atoms with Crippen LogP contribution in [0.1, 0.15) is 19.0 Å². The molecule has 0 aliphatic carbocycles. The minimum atomic E-state index is 0.0713. The molecule has 2 rings (SSSR count). The van der Waals surface area contributed by atoms with Gasteiger partial charge in [-0.15, -0.1) is 0 Å². The third-order valence-corrected chi connectivity index (χ3v) is 2.74. The smallest absolute Gasteiger partial charge is 0.144 e. The molecule has 1 aliphatic heterocycles. The Labute approximate surface area is 89.5 Å². The molecule has 1 aromatic rings. The molecule has 1 fully saturated rings. The molecule has 0 amide bonds. The predicted octanol–water partition coefficient (Wildman–Crippen LogP) is 1.62. The van der Waals surface area contributed by atoms with Crippen molar-refractivity contribution in [1.82, 2.24) is 4.98 Å². The van der Waals surface area contributed by atoms with Crippen LogP contribution in [0.15, 0.2) is 24.4 Å². The lowest BCUT2D eigenvalue weighted by atomic mass is 9.97. The Morgan fingerprint density at radius 2 is 2.47 bits per heavy atom. The molecule has 15 heavy (non-hydrogen) atoms. The maximum absolute atomic E-state index is 11.8. The third kappa shape index (κ3) is 2.63. The molecule has 0 N–H and O–H groups in total. The number of pyridine rings is 1. The number of carbonyl (C=O) groups is 1. The Bertz CT molecular complexity index is 337. The molecule has 3 heteroatoms. The number of hydrogen-bond donors (Lipinski definition) is 0. The summed E-state index contributed by atoms with van der Waals surface area (Å²) in [7, 11) is 0. The van der Waals surface area contributed by atoms with Crippen molar-refractivity contribution in [2.45, 2.75) is 25.9 Å². The molecule has 0 spiro atoms. The molecule has 0 saturated carbocycles. The first-order chi connectivity index (χ1) is 7.25. The summed E-state index contributed by atoms with van der Waals surface area (Å²) in [5.74, 6) is 0.319. The second-order valence-corrected chi connectivity index (χ2v) is 4.04. The zero-order chi connectivity index (χ0) is 10.7. The molecule has 2 unspecified atom stereocenters. The van der Waals surface area contributed by atoms with Crippen molar-refractivity contribution >= 4 is 5.78 Å². The molecule has 1 saturated heterocycles. The highest BCUT2D eigenvalue weighted by molar-refractivity contribution is 5.83. The summed E-state index contributed by atoms with van der Waals surface area (Å²) in [4.78, 5) is 16.0. The fourth-order valence-electron chi connectivity index (χ4n) is 1.87. The van der Waals surface area contributed by atoms with Crippen LogP contribution < -0.4 is 0 Å². The SMILES string of the molecule is CC1CC(C(=O)Cc2ccccn2)CO1. The van der Waals surface area contributed by atoms with E-state index in [2.05, 4.69) is 4.98 Å². The van der Waals surface area contributed by atoms with Crippen LogP contribution in [0, 0.1) is 5.92 Å². The summed E-state index contributed by atoms with van der Waals surface area (Å²) in [6, 6.07) is 5.65. The minimum absolute atomic E-state index is 0.0713. The lowest BCUT2D eigenvalue weighted by Gasteiger charge is -2.05. The molecule has 3 nitrogen and oxygen atoms in total. The number of carbonyl (C=O) groups excluding carboxylic acids is 1. The summed E-state index contributed by atoms with van der Waals surface area (Å²) in [5.41, 5.74) is 0.849. The Kier molecular flexibility index (Phi) is 3.11. The van der Waals surface area contributed by atoms with E-state index in [0.29, 0.717) is 13.0 Å². The van der Waals surface area contributed by atoms with E-state index in [1.165, 1.54) is 0 Å². The molecule has 0 radical (unpaired) electrons. The highest BCUT2D eigenvalue weighted by atomic mass is 16.5. The molecule has 2 heterocycles. The Morgan fingerprint density at radius 3 is 3.07 bits per heavy atom.